The van der Waals surface area contributed by atoms with Crippen molar-refractivity contribution in [2.24, 2.45) is 5.14 Å². The Labute approximate surface area is 125 Å². The first kappa shape index (κ1) is 15.6. The highest BCUT2D eigenvalue weighted by atomic mass is 32.2. The molecule has 114 valence electrons. The van der Waals surface area contributed by atoms with E-state index in [9.17, 15) is 18.0 Å². The van der Waals surface area contributed by atoms with Crippen molar-refractivity contribution in [1.82, 2.24) is 4.90 Å². The molecule has 0 unspecified atom stereocenters. The van der Waals surface area contributed by atoms with Gasteiger partial charge in [-0.1, -0.05) is 0 Å². The van der Waals surface area contributed by atoms with E-state index >= 15 is 0 Å². The molecule has 0 saturated carbocycles. The summed E-state index contributed by atoms with van der Waals surface area (Å²) in [4.78, 5) is 24.2. The number of hydrogen-bond acceptors (Lipinski definition) is 5. The maximum absolute atomic E-state index is 12.0. The zero-order valence-electron chi connectivity index (χ0n) is 10.7. The highest BCUT2D eigenvalue weighted by Gasteiger charge is 2.34. The number of anilines is 1. The van der Waals surface area contributed by atoms with Crippen molar-refractivity contribution < 1.29 is 23.1 Å². The van der Waals surface area contributed by atoms with Gasteiger partial charge in [0.25, 0.3) is 0 Å². The molecule has 2 amide bonds. The number of carboxylic acid groups (broad SMARTS) is 1. The standard InChI is InChI=1S/C11H13N3O5S2/c12-21(18,19)8-3-1-7(2-4-8)13-11(17)14-6-20-5-9(14)10(15)16/h1-4,9H,5-6H2,(H,13,17)(H,15,16)(H2,12,18,19)/t9-/m0/s1. The molecule has 8 nitrogen and oxygen atoms in total. The Morgan fingerprint density at radius 3 is 2.48 bits per heavy atom. The van der Waals surface area contributed by atoms with Crippen LogP contribution in [0.25, 0.3) is 0 Å². The number of carbonyl (C=O) groups is 2. The zero-order valence-corrected chi connectivity index (χ0v) is 12.4. The van der Waals surface area contributed by atoms with Gasteiger partial charge in [0.05, 0.1) is 10.8 Å². The van der Waals surface area contributed by atoms with Gasteiger partial charge in [-0.15, -0.1) is 11.8 Å². The first-order valence-electron chi connectivity index (χ1n) is 5.80. The maximum atomic E-state index is 12.0. The lowest BCUT2D eigenvalue weighted by Crippen LogP contribution is -2.43. The number of carbonyl (C=O) groups excluding carboxylic acids is 1. The van der Waals surface area contributed by atoms with Crippen molar-refractivity contribution >= 4 is 39.5 Å². The van der Waals surface area contributed by atoms with Crippen molar-refractivity contribution in [2.45, 2.75) is 10.9 Å². The average Bonchev–Trinajstić information content (AvgIpc) is 2.87. The minimum atomic E-state index is -3.79. The highest BCUT2D eigenvalue weighted by molar-refractivity contribution is 7.99. The van der Waals surface area contributed by atoms with Crippen LogP contribution in [0.15, 0.2) is 29.2 Å². The number of nitrogens with zero attached hydrogens (tertiary/aromatic N) is 1. The summed E-state index contributed by atoms with van der Waals surface area (Å²) in [5, 5.41) is 16.5. The van der Waals surface area contributed by atoms with Crippen molar-refractivity contribution in [2.75, 3.05) is 16.9 Å². The molecule has 10 heteroatoms. The normalized spacial score (nSPS) is 18.5. The van der Waals surface area contributed by atoms with Crippen molar-refractivity contribution in [3.63, 3.8) is 0 Å². The fourth-order valence-corrected chi connectivity index (χ4v) is 3.43. The van der Waals surface area contributed by atoms with Crippen molar-refractivity contribution in [3.8, 4) is 0 Å². The van der Waals surface area contributed by atoms with Crippen molar-refractivity contribution in [3.05, 3.63) is 24.3 Å². The minimum Gasteiger partial charge on any atom is -0.480 e. The van der Waals surface area contributed by atoms with E-state index in [4.69, 9.17) is 10.2 Å². The van der Waals surface area contributed by atoms with Crippen LogP contribution in [0.2, 0.25) is 0 Å². The molecule has 1 aliphatic heterocycles. The Morgan fingerprint density at radius 2 is 1.95 bits per heavy atom. The third kappa shape index (κ3) is 3.65. The topological polar surface area (TPSA) is 130 Å². The number of rotatable bonds is 3. The molecule has 4 N–H and O–H groups in total. The summed E-state index contributed by atoms with van der Waals surface area (Å²) in [6, 6.07) is 3.89. The molecule has 1 aromatic carbocycles. The maximum Gasteiger partial charge on any atom is 0.327 e. The van der Waals surface area contributed by atoms with E-state index in [0.717, 1.165) is 0 Å². The fourth-order valence-electron chi connectivity index (χ4n) is 1.77. The second-order valence-electron chi connectivity index (χ2n) is 4.32. The highest BCUT2D eigenvalue weighted by Crippen LogP contribution is 2.22. The predicted molar refractivity (Wildman–Crippen MR) is 77.4 cm³/mol. The number of benzene rings is 1. The number of primary sulfonamides is 1. The molecule has 0 radical (unpaired) electrons. The average molecular weight is 331 g/mol. The predicted octanol–water partition coefficient (Wildman–Crippen LogP) is 0.325. The Bertz CT molecular complexity index is 659. The van der Waals surface area contributed by atoms with Gasteiger partial charge >= 0.3 is 12.0 Å². The molecule has 1 heterocycles. The molecule has 0 bridgehead atoms. The van der Waals surface area contributed by atoms with E-state index in [2.05, 4.69) is 5.32 Å². The minimum absolute atomic E-state index is 0.0689. The van der Waals surface area contributed by atoms with Gasteiger partial charge in [0.2, 0.25) is 10.0 Å². The quantitative estimate of drug-likeness (QED) is 0.731. The number of carboxylic acids is 1. The van der Waals surface area contributed by atoms with Gasteiger partial charge < -0.3 is 15.3 Å². The number of sulfonamides is 1. The lowest BCUT2D eigenvalue weighted by molar-refractivity contribution is -0.140. The largest absolute Gasteiger partial charge is 0.480 e. The number of nitrogens with one attached hydrogen (secondary N) is 1. The molecule has 1 saturated heterocycles. The fraction of sp³-hybridized carbons (Fsp3) is 0.273. The van der Waals surface area contributed by atoms with Crippen LogP contribution in [0.5, 0.6) is 0 Å². The first-order chi connectivity index (χ1) is 9.79. The molecule has 2 rings (SSSR count). The van der Waals surface area contributed by atoms with Crippen LogP contribution in [-0.4, -0.2) is 48.1 Å². The summed E-state index contributed by atoms with van der Waals surface area (Å²) in [6.45, 7) is 0. The molecular formula is C11H13N3O5S2. The second kappa shape index (κ2) is 5.92. The summed E-state index contributed by atoms with van der Waals surface area (Å²) in [7, 11) is -3.79. The number of urea groups is 1. The van der Waals surface area contributed by atoms with Crippen LogP contribution in [-0.2, 0) is 14.8 Å². The summed E-state index contributed by atoms with van der Waals surface area (Å²) < 4.78 is 22.2. The monoisotopic (exact) mass is 331 g/mol. The van der Waals surface area contributed by atoms with E-state index in [1.807, 2.05) is 0 Å². The van der Waals surface area contributed by atoms with Gasteiger partial charge in [-0.05, 0) is 24.3 Å². The molecule has 1 atom stereocenters. The van der Waals surface area contributed by atoms with Crippen molar-refractivity contribution in [1.29, 1.82) is 0 Å². The van der Waals surface area contributed by atoms with E-state index in [-0.39, 0.29) is 10.8 Å². The van der Waals surface area contributed by atoms with Gasteiger partial charge in [-0.3, -0.25) is 0 Å². The Morgan fingerprint density at radius 1 is 1.33 bits per heavy atom. The zero-order chi connectivity index (χ0) is 15.6. The number of nitrogens with two attached hydrogens (primary N) is 1. The Hall–Kier alpha value is -1.78. The van der Waals surface area contributed by atoms with E-state index in [0.29, 0.717) is 11.4 Å². The number of aliphatic carboxylic acids is 1. The molecule has 0 spiro atoms. The summed E-state index contributed by atoms with van der Waals surface area (Å²) in [6.07, 6.45) is 0. The van der Waals surface area contributed by atoms with Gasteiger partial charge in [0, 0.05) is 11.4 Å². The molecule has 1 aliphatic rings. The van der Waals surface area contributed by atoms with Crippen LogP contribution in [0, 0.1) is 0 Å². The van der Waals surface area contributed by atoms with Gasteiger partial charge in [-0.2, -0.15) is 0 Å². The Balaban J connectivity index is 2.08. The lowest BCUT2D eigenvalue weighted by Gasteiger charge is -2.20. The smallest absolute Gasteiger partial charge is 0.327 e. The van der Waals surface area contributed by atoms with Gasteiger partial charge in [0.1, 0.15) is 6.04 Å². The van der Waals surface area contributed by atoms with Crippen LogP contribution in [0.1, 0.15) is 0 Å². The molecule has 0 aromatic heterocycles. The summed E-state index contributed by atoms with van der Waals surface area (Å²) in [5.41, 5.74) is 0.355. The number of amides is 2. The van der Waals surface area contributed by atoms with E-state index in [1.165, 1.54) is 40.9 Å². The summed E-state index contributed by atoms with van der Waals surface area (Å²) in [5.74, 6) is -0.426. The molecule has 21 heavy (non-hydrogen) atoms. The van der Waals surface area contributed by atoms with Crippen LogP contribution in [0.4, 0.5) is 10.5 Å². The molecule has 0 aliphatic carbocycles. The molecule has 1 fully saturated rings. The third-order valence-corrected chi connectivity index (χ3v) is 4.80. The van der Waals surface area contributed by atoms with Crippen LogP contribution >= 0.6 is 11.8 Å². The summed E-state index contributed by atoms with van der Waals surface area (Å²) >= 11 is 1.35. The van der Waals surface area contributed by atoms with Gasteiger partial charge in [0.15, 0.2) is 0 Å². The number of thioether (sulfide) groups is 1. The van der Waals surface area contributed by atoms with Gasteiger partial charge in [-0.25, -0.2) is 23.1 Å². The first-order valence-corrected chi connectivity index (χ1v) is 8.50. The third-order valence-electron chi connectivity index (χ3n) is 2.86. The van der Waals surface area contributed by atoms with Crippen LogP contribution < -0.4 is 10.5 Å². The lowest BCUT2D eigenvalue weighted by atomic mass is 10.3. The second-order valence-corrected chi connectivity index (χ2v) is 6.88. The van der Waals surface area contributed by atoms with E-state index in [1.54, 1.807) is 0 Å². The molecule has 1 aromatic rings. The van der Waals surface area contributed by atoms with Crippen LogP contribution in [0.3, 0.4) is 0 Å². The Kier molecular flexibility index (Phi) is 4.40. The number of hydrogen-bond donors (Lipinski definition) is 3. The van der Waals surface area contributed by atoms with E-state index < -0.39 is 28.1 Å². The SMILES string of the molecule is NS(=O)(=O)c1ccc(NC(=O)N2CSC[C@H]2C(=O)O)cc1. The molecular weight excluding hydrogens is 318 g/mol.